The Labute approximate surface area is 132 Å². The van der Waals surface area contributed by atoms with E-state index in [1.54, 1.807) is 6.08 Å². The summed E-state index contributed by atoms with van der Waals surface area (Å²) in [6.07, 6.45) is 12.7. The molecule has 0 aromatic rings. The van der Waals surface area contributed by atoms with E-state index in [9.17, 15) is 0 Å². The Balaban J connectivity index is 0. The topological polar surface area (TPSA) is 21.9 Å². The molecule has 1 nitrogen and oxygen atoms in total. The zero-order chi connectivity index (χ0) is 16.7. The van der Waals surface area contributed by atoms with Crippen molar-refractivity contribution in [3.8, 4) is 0 Å². The van der Waals surface area contributed by atoms with Crippen molar-refractivity contribution >= 4 is 0 Å². The van der Waals surface area contributed by atoms with Gasteiger partial charge < -0.3 is 5.32 Å². The van der Waals surface area contributed by atoms with Gasteiger partial charge in [0.2, 0.25) is 0 Å². The van der Waals surface area contributed by atoms with Crippen molar-refractivity contribution in [3.63, 3.8) is 0 Å². The molecule has 1 aliphatic heterocycles. The lowest BCUT2D eigenvalue weighted by Crippen LogP contribution is -1.90. The molecule has 118 valence electrons. The molecule has 1 aliphatic rings. The summed E-state index contributed by atoms with van der Waals surface area (Å²) < 4.78 is 0. The van der Waals surface area contributed by atoms with Crippen LogP contribution in [0.2, 0.25) is 0 Å². The van der Waals surface area contributed by atoms with Crippen molar-refractivity contribution in [1.29, 1.82) is 0 Å². The molecule has 21 heavy (non-hydrogen) atoms. The fourth-order valence-corrected chi connectivity index (χ4v) is 1.61. The maximum Gasteiger partial charge on any atom is 0.0230 e. The summed E-state index contributed by atoms with van der Waals surface area (Å²) in [5.74, 6) is 0. The highest BCUT2D eigenvalue weighted by Crippen LogP contribution is 2.15. The van der Waals surface area contributed by atoms with E-state index in [0.29, 0.717) is 6.04 Å². The van der Waals surface area contributed by atoms with Gasteiger partial charge in [-0.1, -0.05) is 89.5 Å². The summed E-state index contributed by atoms with van der Waals surface area (Å²) in [5.41, 5.74) is 3.49. The molecule has 0 aliphatic carbocycles. The molecule has 1 rings (SSSR count). The van der Waals surface area contributed by atoms with Crippen molar-refractivity contribution in [2.24, 2.45) is 0 Å². The minimum Gasteiger partial charge on any atom is -0.311 e. The first-order valence-electron chi connectivity index (χ1n) is 7.90. The lowest BCUT2D eigenvalue weighted by Gasteiger charge is -2.02. The van der Waals surface area contributed by atoms with Gasteiger partial charge in [0.25, 0.3) is 0 Å². The molecule has 0 amide bonds. The normalized spacial score (nSPS) is 17.6. The lowest BCUT2D eigenvalue weighted by atomic mass is 10.0. The summed E-state index contributed by atoms with van der Waals surface area (Å²) in [7, 11) is 0. The van der Waals surface area contributed by atoms with Gasteiger partial charge >= 0.3 is 0 Å². The van der Waals surface area contributed by atoms with E-state index in [4.69, 9.17) is 0 Å². The fraction of sp³-hybridized carbons (Fsp3) is 0.400. The Hall–Kier alpha value is -1.60. The third kappa shape index (κ3) is 10.8. The third-order valence-electron chi connectivity index (χ3n) is 2.68. The number of hydrogen-bond acceptors (Lipinski definition) is 1. The van der Waals surface area contributed by atoms with E-state index in [1.807, 2.05) is 45.9 Å². The summed E-state index contributed by atoms with van der Waals surface area (Å²) in [5, 5.41) is 3.30. The largest absolute Gasteiger partial charge is 0.311 e. The SMILES string of the molecule is C=C/C=C(C=C)/C(C=C)=C/C=C(\C)CC1CN1.CC.CC. The van der Waals surface area contributed by atoms with Gasteiger partial charge in [0, 0.05) is 12.6 Å². The molecule has 1 atom stereocenters. The molecule has 0 bridgehead atoms. The Morgan fingerprint density at radius 2 is 1.43 bits per heavy atom. The van der Waals surface area contributed by atoms with Gasteiger partial charge in [0.15, 0.2) is 0 Å². The summed E-state index contributed by atoms with van der Waals surface area (Å²) in [6, 6.07) is 0.689. The second-order valence-electron chi connectivity index (χ2n) is 4.21. The zero-order valence-electron chi connectivity index (χ0n) is 14.6. The molecule has 0 radical (unpaired) electrons. The highest BCUT2D eigenvalue weighted by atomic mass is 15.1. The fourth-order valence-electron chi connectivity index (χ4n) is 1.61. The van der Waals surface area contributed by atoms with E-state index in [1.165, 1.54) is 5.57 Å². The minimum atomic E-state index is 0.689. The van der Waals surface area contributed by atoms with E-state index in [-0.39, 0.29) is 0 Å². The average Bonchev–Trinajstić information content (AvgIpc) is 3.34. The first-order chi connectivity index (χ1) is 10.2. The second-order valence-corrected chi connectivity index (χ2v) is 4.21. The molecular weight excluding hydrogens is 254 g/mol. The van der Waals surface area contributed by atoms with Crippen LogP contribution in [0.15, 0.2) is 72.9 Å². The molecule has 0 spiro atoms. The first kappa shape index (κ1) is 21.7. The van der Waals surface area contributed by atoms with E-state index in [2.05, 4.69) is 44.1 Å². The monoisotopic (exact) mass is 287 g/mol. The van der Waals surface area contributed by atoms with Gasteiger partial charge in [0.05, 0.1) is 0 Å². The summed E-state index contributed by atoms with van der Waals surface area (Å²) >= 11 is 0. The Bertz CT molecular complexity index is 390. The van der Waals surface area contributed by atoms with Crippen molar-refractivity contribution in [2.45, 2.75) is 47.1 Å². The van der Waals surface area contributed by atoms with E-state index < -0.39 is 0 Å². The molecule has 1 heteroatoms. The molecular formula is C20H33N. The summed E-state index contributed by atoms with van der Waals surface area (Å²) in [6.45, 7) is 22.6. The molecule has 0 aromatic heterocycles. The van der Waals surface area contributed by atoms with Crippen LogP contribution in [0.25, 0.3) is 0 Å². The highest BCUT2D eigenvalue weighted by molar-refractivity contribution is 5.48. The summed E-state index contributed by atoms with van der Waals surface area (Å²) in [4.78, 5) is 0. The van der Waals surface area contributed by atoms with Crippen molar-refractivity contribution in [2.75, 3.05) is 6.54 Å². The first-order valence-corrected chi connectivity index (χ1v) is 7.90. The number of rotatable bonds is 7. The van der Waals surface area contributed by atoms with Gasteiger partial charge in [-0.05, 0) is 24.5 Å². The van der Waals surface area contributed by atoms with Crippen LogP contribution < -0.4 is 5.32 Å². The van der Waals surface area contributed by atoms with Crippen LogP contribution in [0, 0.1) is 0 Å². The predicted molar refractivity (Wildman–Crippen MR) is 99.6 cm³/mol. The average molecular weight is 287 g/mol. The zero-order valence-corrected chi connectivity index (χ0v) is 14.6. The second kappa shape index (κ2) is 14.8. The van der Waals surface area contributed by atoms with Crippen LogP contribution >= 0.6 is 0 Å². The van der Waals surface area contributed by atoms with Gasteiger partial charge in [0.1, 0.15) is 0 Å². The smallest absolute Gasteiger partial charge is 0.0230 e. The molecule has 1 unspecified atom stereocenters. The highest BCUT2D eigenvalue weighted by Gasteiger charge is 2.19. The standard InChI is InChI=1S/C16H21N.2C2H6/c1-5-8-14(6-2)15(7-3)10-9-13(4)11-16-12-17-16;2*1-2/h5-10,16-17H,1-3,11-12H2,4H3;2*1-2H3/b13-9+,14-8+,15-10+;;. The van der Waals surface area contributed by atoms with Crippen LogP contribution in [0.4, 0.5) is 0 Å². The van der Waals surface area contributed by atoms with Crippen LogP contribution in [-0.2, 0) is 0 Å². The van der Waals surface area contributed by atoms with Crippen LogP contribution in [0.3, 0.4) is 0 Å². The van der Waals surface area contributed by atoms with E-state index in [0.717, 1.165) is 24.1 Å². The van der Waals surface area contributed by atoms with E-state index >= 15 is 0 Å². The van der Waals surface area contributed by atoms with Gasteiger partial charge in [-0.15, -0.1) is 0 Å². The predicted octanol–water partition coefficient (Wildman–Crippen LogP) is 5.76. The Morgan fingerprint density at radius 1 is 0.952 bits per heavy atom. The molecule has 1 fully saturated rings. The lowest BCUT2D eigenvalue weighted by molar-refractivity contribution is 0.914. The van der Waals surface area contributed by atoms with Crippen LogP contribution in [0.5, 0.6) is 0 Å². The van der Waals surface area contributed by atoms with Crippen molar-refractivity contribution in [3.05, 3.63) is 72.9 Å². The van der Waals surface area contributed by atoms with Gasteiger partial charge in [-0.25, -0.2) is 0 Å². The van der Waals surface area contributed by atoms with Crippen LogP contribution in [-0.4, -0.2) is 12.6 Å². The number of hydrogen-bond donors (Lipinski definition) is 1. The molecule has 1 N–H and O–H groups in total. The van der Waals surface area contributed by atoms with Gasteiger partial charge in [-0.2, -0.15) is 0 Å². The molecule has 1 saturated heterocycles. The number of nitrogens with one attached hydrogen (secondary N) is 1. The quantitative estimate of drug-likeness (QED) is 0.467. The minimum absolute atomic E-state index is 0.689. The maximum atomic E-state index is 3.83. The van der Waals surface area contributed by atoms with Crippen LogP contribution in [0.1, 0.15) is 41.0 Å². The number of allylic oxidation sites excluding steroid dienone is 8. The maximum absolute atomic E-state index is 3.83. The third-order valence-corrected chi connectivity index (χ3v) is 2.68. The van der Waals surface area contributed by atoms with Crippen molar-refractivity contribution < 1.29 is 0 Å². The Kier molecular flexibility index (Phi) is 15.3. The molecule has 0 saturated carbocycles. The van der Waals surface area contributed by atoms with Gasteiger partial charge in [-0.3, -0.25) is 0 Å². The van der Waals surface area contributed by atoms with Crippen molar-refractivity contribution in [1.82, 2.24) is 5.32 Å². The Morgan fingerprint density at radius 3 is 1.81 bits per heavy atom. The molecule has 1 heterocycles. The molecule has 0 aromatic carbocycles.